The maximum Gasteiger partial charge on any atom is 0.121 e. The molecule has 23 heavy (non-hydrogen) atoms. The topological polar surface area (TPSA) is 39.4 Å². The Balaban J connectivity index is 2.07. The van der Waals surface area contributed by atoms with Crippen molar-refractivity contribution in [1.82, 2.24) is 14.6 Å². The van der Waals surface area contributed by atoms with Crippen LogP contribution in [0.4, 0.5) is 0 Å². The first-order valence-corrected chi connectivity index (χ1v) is 8.02. The number of nitrogens with zero attached hydrogens (tertiary/aromatic N) is 3. The van der Waals surface area contributed by atoms with Gasteiger partial charge >= 0.3 is 0 Å². The first-order chi connectivity index (χ1) is 11.2. The van der Waals surface area contributed by atoms with Gasteiger partial charge in [-0.3, -0.25) is 0 Å². The summed E-state index contributed by atoms with van der Waals surface area (Å²) in [5, 5.41) is 5.92. The highest BCUT2D eigenvalue weighted by molar-refractivity contribution is 6.02. The summed E-state index contributed by atoms with van der Waals surface area (Å²) in [7, 11) is 1.68. The van der Waals surface area contributed by atoms with E-state index < -0.39 is 0 Å². The molecule has 0 saturated heterocycles. The number of aryl methyl sites for hydroxylation is 2. The van der Waals surface area contributed by atoms with Gasteiger partial charge in [0, 0.05) is 23.2 Å². The molecule has 0 aliphatic carbocycles. The highest BCUT2D eigenvalue weighted by atomic mass is 16.5. The van der Waals surface area contributed by atoms with Crippen LogP contribution in [0.15, 0.2) is 36.5 Å². The minimum atomic E-state index is 0.831. The molecule has 0 saturated carbocycles. The fourth-order valence-corrected chi connectivity index (χ4v) is 3.23. The lowest BCUT2D eigenvalue weighted by molar-refractivity contribution is 0.415. The first-order valence-electron chi connectivity index (χ1n) is 8.02. The lowest BCUT2D eigenvalue weighted by Crippen LogP contribution is -2.04. The standard InChI is InChI=1S/C19H19N3O/c1-4-12-10-18-19-15(8-9-22(18)21-16(12)5-2)14-7-6-13(23-3)11-17(14)20-19/h6-11H,4-5H2,1-3H3. The summed E-state index contributed by atoms with van der Waals surface area (Å²) < 4.78 is 7.26. The maximum atomic E-state index is 5.32. The van der Waals surface area contributed by atoms with Gasteiger partial charge in [0.2, 0.25) is 0 Å². The summed E-state index contributed by atoms with van der Waals surface area (Å²) in [5.74, 6) is 0.831. The van der Waals surface area contributed by atoms with Gasteiger partial charge in [-0.15, -0.1) is 0 Å². The number of fused-ring (bicyclic) bond motifs is 5. The number of methoxy groups -OCH3 is 1. The highest BCUT2D eigenvalue weighted by Crippen LogP contribution is 2.35. The molecule has 0 amide bonds. The van der Waals surface area contributed by atoms with Crippen LogP contribution in [0.25, 0.3) is 27.7 Å². The molecule has 4 nitrogen and oxygen atoms in total. The Labute approximate surface area is 135 Å². The van der Waals surface area contributed by atoms with E-state index in [1.807, 2.05) is 22.8 Å². The summed E-state index contributed by atoms with van der Waals surface area (Å²) in [6, 6.07) is 10.4. The van der Waals surface area contributed by atoms with Crippen LogP contribution < -0.4 is 4.74 Å². The van der Waals surface area contributed by atoms with Gasteiger partial charge in [0.25, 0.3) is 0 Å². The largest absolute Gasteiger partial charge is 0.497 e. The van der Waals surface area contributed by atoms with Crippen LogP contribution in [0.3, 0.4) is 0 Å². The Bertz CT molecular complexity index is 987. The lowest BCUT2D eigenvalue weighted by atomic mass is 10.1. The van der Waals surface area contributed by atoms with Crippen LogP contribution in [-0.4, -0.2) is 21.7 Å². The van der Waals surface area contributed by atoms with E-state index in [9.17, 15) is 0 Å². The third-order valence-electron chi connectivity index (χ3n) is 4.48. The summed E-state index contributed by atoms with van der Waals surface area (Å²) in [6.07, 6.45) is 3.95. The number of aromatic nitrogens is 3. The number of pyridine rings is 1. The smallest absolute Gasteiger partial charge is 0.121 e. The molecule has 0 fully saturated rings. The molecule has 3 heterocycles. The van der Waals surface area contributed by atoms with E-state index >= 15 is 0 Å². The predicted molar refractivity (Wildman–Crippen MR) is 92.4 cm³/mol. The van der Waals surface area contributed by atoms with Gasteiger partial charge < -0.3 is 4.74 Å². The highest BCUT2D eigenvalue weighted by Gasteiger charge is 2.17. The fourth-order valence-electron chi connectivity index (χ4n) is 3.23. The Morgan fingerprint density at radius 2 is 1.96 bits per heavy atom. The molecule has 1 aromatic carbocycles. The SMILES string of the molecule is CCc1cc2c3nc4cc(OC)ccc4c-3ccn2nc1CC. The Morgan fingerprint density at radius 1 is 1.09 bits per heavy atom. The van der Waals surface area contributed by atoms with Crippen LogP contribution >= 0.6 is 0 Å². The predicted octanol–water partition coefficient (Wildman–Crippen LogP) is 4.12. The summed E-state index contributed by atoms with van der Waals surface area (Å²) in [5.41, 5.74) is 6.64. The molecule has 0 N–H and O–H groups in total. The molecule has 0 radical (unpaired) electrons. The van der Waals surface area contributed by atoms with Crippen molar-refractivity contribution in [1.29, 1.82) is 0 Å². The second kappa shape index (κ2) is 5.23. The van der Waals surface area contributed by atoms with Crippen molar-refractivity contribution in [3.8, 4) is 17.0 Å². The quantitative estimate of drug-likeness (QED) is 0.571. The first kappa shape index (κ1) is 14.0. The zero-order chi connectivity index (χ0) is 16.0. The van der Waals surface area contributed by atoms with Crippen molar-refractivity contribution in [3.63, 3.8) is 0 Å². The lowest BCUT2D eigenvalue weighted by Gasteiger charge is -2.11. The zero-order valence-corrected chi connectivity index (χ0v) is 13.6. The number of rotatable bonds is 3. The fraction of sp³-hybridized carbons (Fsp3) is 0.263. The number of hydrogen-bond acceptors (Lipinski definition) is 3. The maximum absolute atomic E-state index is 5.32. The third kappa shape index (κ3) is 2.05. The van der Waals surface area contributed by atoms with Crippen molar-refractivity contribution in [2.45, 2.75) is 26.7 Å². The molecule has 4 rings (SSSR count). The molecule has 0 spiro atoms. The zero-order valence-electron chi connectivity index (χ0n) is 13.6. The summed E-state index contributed by atoms with van der Waals surface area (Å²) >= 11 is 0. The normalized spacial score (nSPS) is 11.6. The van der Waals surface area contributed by atoms with Crippen LogP contribution in [-0.2, 0) is 12.8 Å². The average Bonchev–Trinajstić information content (AvgIpc) is 2.98. The number of benzene rings is 1. The Hall–Kier alpha value is -2.62. The average molecular weight is 305 g/mol. The molecule has 0 unspecified atom stereocenters. The molecule has 0 bridgehead atoms. The monoisotopic (exact) mass is 305 g/mol. The minimum Gasteiger partial charge on any atom is -0.497 e. The van der Waals surface area contributed by atoms with E-state index in [2.05, 4.69) is 32.0 Å². The van der Waals surface area contributed by atoms with E-state index in [0.29, 0.717) is 0 Å². The van der Waals surface area contributed by atoms with Gasteiger partial charge in [-0.2, -0.15) is 5.10 Å². The van der Waals surface area contributed by atoms with E-state index in [1.165, 1.54) is 5.56 Å². The second-order valence-electron chi connectivity index (χ2n) is 5.73. The van der Waals surface area contributed by atoms with Crippen molar-refractivity contribution >= 4 is 16.4 Å². The third-order valence-corrected chi connectivity index (χ3v) is 4.48. The minimum absolute atomic E-state index is 0.831. The van der Waals surface area contributed by atoms with Crippen LogP contribution in [0.5, 0.6) is 5.75 Å². The van der Waals surface area contributed by atoms with Gasteiger partial charge in [0.1, 0.15) is 5.75 Å². The van der Waals surface area contributed by atoms with Gasteiger partial charge in [-0.05, 0) is 42.7 Å². The van der Waals surface area contributed by atoms with Crippen molar-refractivity contribution in [2.75, 3.05) is 7.11 Å². The number of hydrogen-bond donors (Lipinski definition) is 0. The molecule has 116 valence electrons. The van der Waals surface area contributed by atoms with Crippen LogP contribution in [0, 0.1) is 0 Å². The van der Waals surface area contributed by atoms with Crippen molar-refractivity contribution in [2.24, 2.45) is 0 Å². The molecular formula is C19H19N3O. The molecule has 4 heteroatoms. The Morgan fingerprint density at radius 3 is 2.70 bits per heavy atom. The molecule has 1 aromatic heterocycles. The van der Waals surface area contributed by atoms with E-state index in [-0.39, 0.29) is 0 Å². The van der Waals surface area contributed by atoms with E-state index in [1.54, 1.807) is 7.11 Å². The molecule has 0 atom stereocenters. The molecular weight excluding hydrogens is 286 g/mol. The molecule has 2 aliphatic heterocycles. The molecule has 2 aliphatic rings. The van der Waals surface area contributed by atoms with Gasteiger partial charge in [0.15, 0.2) is 0 Å². The molecule has 2 aromatic rings. The van der Waals surface area contributed by atoms with Crippen LogP contribution in [0.2, 0.25) is 0 Å². The number of ether oxygens (including phenoxy) is 1. The summed E-state index contributed by atoms with van der Waals surface area (Å²) in [4.78, 5) is 4.84. The van der Waals surface area contributed by atoms with Crippen molar-refractivity contribution < 1.29 is 4.74 Å². The van der Waals surface area contributed by atoms with Gasteiger partial charge in [-0.1, -0.05) is 13.8 Å². The van der Waals surface area contributed by atoms with Gasteiger partial charge in [-0.25, -0.2) is 9.50 Å². The van der Waals surface area contributed by atoms with E-state index in [4.69, 9.17) is 14.8 Å². The van der Waals surface area contributed by atoms with Crippen molar-refractivity contribution in [3.05, 3.63) is 47.8 Å². The summed E-state index contributed by atoms with van der Waals surface area (Å²) in [6.45, 7) is 4.32. The Kier molecular flexibility index (Phi) is 3.18. The van der Waals surface area contributed by atoms with E-state index in [0.717, 1.165) is 52.0 Å². The second-order valence-corrected chi connectivity index (χ2v) is 5.73. The van der Waals surface area contributed by atoms with Gasteiger partial charge in [0.05, 0.1) is 29.5 Å². The van der Waals surface area contributed by atoms with Crippen LogP contribution in [0.1, 0.15) is 25.1 Å².